The van der Waals surface area contributed by atoms with Gasteiger partial charge < -0.3 is 5.32 Å². The summed E-state index contributed by atoms with van der Waals surface area (Å²) < 4.78 is 0. The molecule has 112 valence electrons. The van der Waals surface area contributed by atoms with E-state index in [1.807, 2.05) is 55.5 Å². The number of carbonyl (C=O) groups excluding carboxylic acids is 1. The lowest BCUT2D eigenvalue weighted by Crippen LogP contribution is -2.03. The molecule has 1 amide bonds. The quantitative estimate of drug-likeness (QED) is 0.786. The van der Waals surface area contributed by atoms with Gasteiger partial charge in [0.25, 0.3) is 0 Å². The summed E-state index contributed by atoms with van der Waals surface area (Å²) in [5, 5.41) is 2.89. The monoisotopic (exact) mass is 301 g/mol. The minimum absolute atomic E-state index is 0.0405. The molecule has 4 nitrogen and oxygen atoms in total. The maximum absolute atomic E-state index is 11.5. The van der Waals surface area contributed by atoms with Crippen LogP contribution in [0.3, 0.4) is 0 Å². The van der Waals surface area contributed by atoms with E-state index in [9.17, 15) is 4.79 Å². The Morgan fingerprint density at radius 2 is 2.00 bits per heavy atom. The predicted molar refractivity (Wildman–Crippen MR) is 90.0 cm³/mol. The van der Waals surface area contributed by atoms with Crippen molar-refractivity contribution >= 4 is 11.6 Å². The molecule has 0 bridgehead atoms. The summed E-state index contributed by atoms with van der Waals surface area (Å²) in [5.41, 5.74) is 6.61. The summed E-state index contributed by atoms with van der Waals surface area (Å²) in [4.78, 5) is 20.7. The molecule has 0 saturated carbocycles. The van der Waals surface area contributed by atoms with Gasteiger partial charge in [-0.25, -0.2) is 0 Å². The summed E-state index contributed by atoms with van der Waals surface area (Å²) >= 11 is 0. The molecule has 1 aromatic carbocycles. The van der Waals surface area contributed by atoms with E-state index >= 15 is 0 Å². The van der Waals surface area contributed by atoms with Gasteiger partial charge in [-0.15, -0.1) is 0 Å². The van der Waals surface area contributed by atoms with Gasteiger partial charge in [0.15, 0.2) is 0 Å². The SMILES string of the molecule is Cc1cccc(-c2cccnc2-c2ccc3c(c2)NC(=O)C3)n1. The van der Waals surface area contributed by atoms with Crippen molar-refractivity contribution in [1.82, 2.24) is 9.97 Å². The van der Waals surface area contributed by atoms with Crippen LogP contribution in [0.4, 0.5) is 5.69 Å². The molecule has 2 aromatic heterocycles. The third-order valence-corrected chi connectivity index (χ3v) is 3.98. The zero-order valence-electron chi connectivity index (χ0n) is 12.7. The van der Waals surface area contributed by atoms with Crippen molar-refractivity contribution in [2.24, 2.45) is 0 Å². The van der Waals surface area contributed by atoms with Crippen molar-refractivity contribution in [3.8, 4) is 22.5 Å². The van der Waals surface area contributed by atoms with Crippen LogP contribution in [0.5, 0.6) is 0 Å². The minimum atomic E-state index is 0.0405. The molecule has 0 spiro atoms. The molecule has 23 heavy (non-hydrogen) atoms. The highest BCUT2D eigenvalue weighted by molar-refractivity contribution is 6.00. The second-order valence-corrected chi connectivity index (χ2v) is 5.66. The van der Waals surface area contributed by atoms with Gasteiger partial charge in [-0.1, -0.05) is 18.2 Å². The lowest BCUT2D eigenvalue weighted by Gasteiger charge is -2.10. The largest absolute Gasteiger partial charge is 0.326 e. The number of carbonyl (C=O) groups is 1. The number of aryl methyl sites for hydroxylation is 1. The second kappa shape index (κ2) is 5.32. The Morgan fingerprint density at radius 1 is 1.09 bits per heavy atom. The Kier molecular flexibility index (Phi) is 3.15. The standard InChI is InChI=1S/C19H15N3O/c1-12-4-2-6-16(21-12)15-5-3-9-20-19(15)14-8-7-13-11-18(23)22-17(13)10-14/h2-10H,11H2,1H3,(H,22,23). The van der Waals surface area contributed by atoms with Crippen molar-refractivity contribution in [1.29, 1.82) is 0 Å². The van der Waals surface area contributed by atoms with Gasteiger partial charge in [0, 0.05) is 28.7 Å². The first-order valence-corrected chi connectivity index (χ1v) is 7.53. The molecule has 3 heterocycles. The summed E-state index contributed by atoms with van der Waals surface area (Å²) in [6.45, 7) is 1.98. The number of aromatic nitrogens is 2. The van der Waals surface area contributed by atoms with Crippen LogP contribution in [0, 0.1) is 6.92 Å². The van der Waals surface area contributed by atoms with Gasteiger partial charge in [0.2, 0.25) is 5.91 Å². The van der Waals surface area contributed by atoms with E-state index < -0.39 is 0 Å². The molecule has 4 heteroatoms. The van der Waals surface area contributed by atoms with Crippen LogP contribution in [-0.2, 0) is 11.2 Å². The van der Waals surface area contributed by atoms with E-state index in [1.165, 1.54) is 0 Å². The maximum atomic E-state index is 11.5. The van der Waals surface area contributed by atoms with Gasteiger partial charge in [-0.2, -0.15) is 0 Å². The fraction of sp³-hybridized carbons (Fsp3) is 0.105. The van der Waals surface area contributed by atoms with Crippen molar-refractivity contribution in [2.75, 3.05) is 5.32 Å². The van der Waals surface area contributed by atoms with Crippen LogP contribution >= 0.6 is 0 Å². The third-order valence-electron chi connectivity index (χ3n) is 3.98. The van der Waals surface area contributed by atoms with Gasteiger partial charge in [-0.05, 0) is 42.8 Å². The van der Waals surface area contributed by atoms with Gasteiger partial charge in [0.1, 0.15) is 0 Å². The normalized spacial score (nSPS) is 12.8. The molecule has 3 aromatic rings. The van der Waals surface area contributed by atoms with Crippen LogP contribution in [0.15, 0.2) is 54.7 Å². The number of pyridine rings is 2. The number of nitrogens with one attached hydrogen (secondary N) is 1. The highest BCUT2D eigenvalue weighted by atomic mass is 16.1. The predicted octanol–water partition coefficient (Wildman–Crippen LogP) is 3.61. The Balaban J connectivity index is 1.85. The summed E-state index contributed by atoms with van der Waals surface area (Å²) in [7, 11) is 0. The number of anilines is 1. The van der Waals surface area contributed by atoms with Crippen molar-refractivity contribution < 1.29 is 4.79 Å². The fourth-order valence-electron chi connectivity index (χ4n) is 2.90. The van der Waals surface area contributed by atoms with Crippen LogP contribution in [0.2, 0.25) is 0 Å². The smallest absolute Gasteiger partial charge is 0.228 e. The van der Waals surface area contributed by atoms with Crippen molar-refractivity contribution in [2.45, 2.75) is 13.3 Å². The molecular formula is C19H15N3O. The van der Waals surface area contributed by atoms with Gasteiger partial charge in [0.05, 0.1) is 17.8 Å². The highest BCUT2D eigenvalue weighted by Crippen LogP contribution is 2.33. The Morgan fingerprint density at radius 3 is 2.87 bits per heavy atom. The Hall–Kier alpha value is -3.01. The number of nitrogens with zero attached hydrogens (tertiary/aromatic N) is 2. The average Bonchev–Trinajstić information content (AvgIpc) is 2.94. The number of hydrogen-bond acceptors (Lipinski definition) is 3. The molecule has 0 saturated heterocycles. The van der Waals surface area contributed by atoms with Crippen molar-refractivity contribution in [3.63, 3.8) is 0 Å². The van der Waals surface area contributed by atoms with Gasteiger partial charge in [-0.3, -0.25) is 14.8 Å². The number of rotatable bonds is 2. The lowest BCUT2D eigenvalue weighted by molar-refractivity contribution is -0.115. The molecule has 0 aliphatic carbocycles. The van der Waals surface area contributed by atoms with Crippen LogP contribution in [0.25, 0.3) is 22.5 Å². The summed E-state index contributed by atoms with van der Waals surface area (Å²) in [5.74, 6) is 0.0405. The first-order chi connectivity index (χ1) is 11.2. The molecule has 0 atom stereocenters. The van der Waals surface area contributed by atoms with E-state index in [0.717, 1.165) is 39.5 Å². The molecule has 0 fully saturated rings. The van der Waals surface area contributed by atoms with Crippen molar-refractivity contribution in [3.05, 3.63) is 66.0 Å². The van der Waals surface area contributed by atoms with E-state index in [1.54, 1.807) is 6.20 Å². The maximum Gasteiger partial charge on any atom is 0.228 e. The molecule has 1 N–H and O–H groups in total. The summed E-state index contributed by atoms with van der Waals surface area (Å²) in [6, 6.07) is 15.9. The average molecular weight is 301 g/mol. The van der Waals surface area contributed by atoms with Crippen LogP contribution < -0.4 is 5.32 Å². The zero-order chi connectivity index (χ0) is 15.8. The third kappa shape index (κ3) is 2.48. The summed E-state index contributed by atoms with van der Waals surface area (Å²) in [6.07, 6.45) is 2.23. The Bertz CT molecular complexity index is 918. The topological polar surface area (TPSA) is 54.9 Å². The van der Waals surface area contributed by atoms with Crippen LogP contribution in [0.1, 0.15) is 11.3 Å². The minimum Gasteiger partial charge on any atom is -0.326 e. The van der Waals surface area contributed by atoms with E-state index in [4.69, 9.17) is 0 Å². The highest BCUT2D eigenvalue weighted by Gasteiger charge is 2.19. The van der Waals surface area contributed by atoms with E-state index in [-0.39, 0.29) is 5.91 Å². The lowest BCUT2D eigenvalue weighted by atomic mass is 10.0. The second-order valence-electron chi connectivity index (χ2n) is 5.66. The Labute approximate surface area is 134 Å². The molecule has 0 unspecified atom stereocenters. The number of hydrogen-bond donors (Lipinski definition) is 1. The molecule has 4 rings (SSSR count). The molecule has 1 aliphatic heterocycles. The van der Waals surface area contributed by atoms with Crippen LogP contribution in [-0.4, -0.2) is 15.9 Å². The number of amides is 1. The van der Waals surface area contributed by atoms with E-state index in [0.29, 0.717) is 6.42 Å². The zero-order valence-corrected chi connectivity index (χ0v) is 12.7. The number of fused-ring (bicyclic) bond motifs is 1. The fourth-order valence-corrected chi connectivity index (χ4v) is 2.90. The number of benzene rings is 1. The van der Waals surface area contributed by atoms with E-state index in [2.05, 4.69) is 15.3 Å². The first-order valence-electron chi connectivity index (χ1n) is 7.53. The first kappa shape index (κ1) is 13.6. The molecular weight excluding hydrogens is 286 g/mol. The molecule has 0 radical (unpaired) electrons. The van der Waals surface area contributed by atoms with Gasteiger partial charge >= 0.3 is 0 Å². The molecule has 1 aliphatic rings.